The van der Waals surface area contributed by atoms with Crippen molar-refractivity contribution in [2.75, 3.05) is 0 Å². The van der Waals surface area contributed by atoms with Gasteiger partial charge in [0.1, 0.15) is 7.14 Å². The maximum atomic E-state index is 14.8. The van der Waals surface area contributed by atoms with Gasteiger partial charge in [0.15, 0.2) is 0 Å². The minimum absolute atomic E-state index is 0.218. The van der Waals surface area contributed by atoms with E-state index in [-0.39, 0.29) is 5.66 Å². The third kappa shape index (κ3) is 7.92. The van der Waals surface area contributed by atoms with Crippen LogP contribution in [0.2, 0.25) is 0 Å². The highest BCUT2D eigenvalue weighted by Gasteiger charge is 2.40. The van der Waals surface area contributed by atoms with Crippen molar-refractivity contribution in [1.29, 1.82) is 0 Å². The van der Waals surface area contributed by atoms with Crippen LogP contribution < -0.4 is 10.6 Å². The van der Waals surface area contributed by atoms with Crippen LogP contribution in [0, 0.1) is 0 Å². The zero-order chi connectivity index (χ0) is 22.4. The Kier molecular flexibility index (Phi) is 12.2. The van der Waals surface area contributed by atoms with Crippen LogP contribution in [0.15, 0.2) is 60.7 Å². The van der Waals surface area contributed by atoms with E-state index in [1.54, 1.807) is 0 Å². The van der Waals surface area contributed by atoms with E-state index in [0.717, 1.165) is 49.1 Å². The predicted molar refractivity (Wildman–Crippen MR) is 136 cm³/mol. The summed E-state index contributed by atoms with van der Waals surface area (Å²) in [6, 6.07) is 19.8. The summed E-state index contributed by atoms with van der Waals surface area (Å²) in [7, 11) is -2.96. The Morgan fingerprint density at radius 1 is 0.645 bits per heavy atom. The van der Waals surface area contributed by atoms with Crippen LogP contribution in [0.1, 0.15) is 90.9 Å². The average molecular weight is 443 g/mol. The second-order valence-corrected chi connectivity index (χ2v) is 11.9. The maximum absolute atomic E-state index is 14.8. The summed E-state index contributed by atoms with van der Waals surface area (Å²) >= 11 is 0. The molecule has 2 aromatic rings. The largest absolute Gasteiger partial charge is 0.392 e. The van der Waals surface area contributed by atoms with E-state index in [4.69, 9.17) is 0 Å². The molecule has 31 heavy (non-hydrogen) atoms. The SMILES string of the molecule is CCCCCCCC[C@@H](O)[C@H](CCCCCC)P(=O)(c1ccccc1)c1ccccc1. The zero-order valence-corrected chi connectivity index (χ0v) is 20.6. The molecule has 0 bridgehead atoms. The summed E-state index contributed by atoms with van der Waals surface area (Å²) in [6.07, 6.45) is 12.8. The number of unbranched alkanes of at least 4 members (excludes halogenated alkanes) is 8. The van der Waals surface area contributed by atoms with Crippen molar-refractivity contribution in [2.24, 2.45) is 0 Å². The third-order valence-electron chi connectivity index (χ3n) is 6.40. The van der Waals surface area contributed by atoms with Gasteiger partial charge in [-0.3, -0.25) is 0 Å². The summed E-state index contributed by atoms with van der Waals surface area (Å²) in [5, 5.41) is 13.1. The van der Waals surface area contributed by atoms with Crippen LogP contribution in [-0.4, -0.2) is 16.9 Å². The van der Waals surface area contributed by atoms with Crippen molar-refractivity contribution in [1.82, 2.24) is 0 Å². The molecular weight excluding hydrogens is 399 g/mol. The highest BCUT2D eigenvalue weighted by atomic mass is 31.2. The van der Waals surface area contributed by atoms with Gasteiger partial charge in [-0.1, -0.05) is 139 Å². The van der Waals surface area contributed by atoms with E-state index in [9.17, 15) is 9.67 Å². The van der Waals surface area contributed by atoms with Crippen molar-refractivity contribution in [2.45, 2.75) is 103 Å². The van der Waals surface area contributed by atoms with Gasteiger partial charge in [0.05, 0.1) is 6.10 Å². The van der Waals surface area contributed by atoms with Crippen LogP contribution in [0.3, 0.4) is 0 Å². The highest BCUT2D eigenvalue weighted by Crippen LogP contribution is 2.52. The van der Waals surface area contributed by atoms with E-state index in [2.05, 4.69) is 13.8 Å². The lowest BCUT2D eigenvalue weighted by Gasteiger charge is -2.32. The lowest BCUT2D eigenvalue weighted by Crippen LogP contribution is -2.35. The summed E-state index contributed by atoms with van der Waals surface area (Å²) in [5.74, 6) is 0. The standard InChI is InChI=1S/C28H43O2P/c1-3-5-7-9-10-17-23-27(29)28(24-18-8-6-4-2)31(30,25-19-13-11-14-20-25)26-21-15-12-16-22-26/h11-16,19-22,27-29H,3-10,17-18,23-24H2,1-2H3/t27-,28+/m1/s1. The van der Waals surface area contributed by atoms with Crippen LogP contribution in [0.5, 0.6) is 0 Å². The molecule has 0 heterocycles. The minimum Gasteiger partial charge on any atom is -0.392 e. The van der Waals surface area contributed by atoms with Gasteiger partial charge in [-0.2, -0.15) is 0 Å². The van der Waals surface area contributed by atoms with Crippen molar-refractivity contribution >= 4 is 17.8 Å². The van der Waals surface area contributed by atoms with Gasteiger partial charge in [-0.25, -0.2) is 0 Å². The number of rotatable bonds is 16. The Bertz CT molecular complexity index is 701. The molecule has 172 valence electrons. The molecule has 0 radical (unpaired) electrons. The topological polar surface area (TPSA) is 37.3 Å². The summed E-state index contributed by atoms with van der Waals surface area (Å²) in [4.78, 5) is 0. The summed E-state index contributed by atoms with van der Waals surface area (Å²) in [6.45, 7) is 4.45. The third-order valence-corrected chi connectivity index (χ3v) is 10.1. The molecule has 0 saturated carbocycles. The van der Waals surface area contributed by atoms with Gasteiger partial charge in [0.2, 0.25) is 0 Å². The Morgan fingerprint density at radius 2 is 1.06 bits per heavy atom. The molecule has 0 unspecified atom stereocenters. The average Bonchev–Trinajstić information content (AvgIpc) is 2.82. The monoisotopic (exact) mass is 442 g/mol. The molecule has 1 N–H and O–H groups in total. The van der Waals surface area contributed by atoms with Gasteiger partial charge < -0.3 is 9.67 Å². The Hall–Kier alpha value is -1.37. The molecule has 0 aliphatic heterocycles. The molecule has 0 aromatic heterocycles. The van der Waals surface area contributed by atoms with Crippen molar-refractivity contribution in [3.8, 4) is 0 Å². The lowest BCUT2D eigenvalue weighted by atomic mass is 10.0. The molecule has 0 aliphatic carbocycles. The fraction of sp³-hybridized carbons (Fsp3) is 0.571. The molecule has 0 aliphatic rings. The number of aliphatic hydroxyl groups excluding tert-OH is 1. The molecule has 0 saturated heterocycles. The first kappa shape index (κ1) is 25.9. The maximum Gasteiger partial charge on any atom is 0.148 e. The van der Waals surface area contributed by atoms with E-state index in [0.29, 0.717) is 0 Å². The van der Waals surface area contributed by atoms with Gasteiger partial charge in [-0.05, 0) is 12.8 Å². The smallest absolute Gasteiger partial charge is 0.148 e. The summed E-state index contributed by atoms with van der Waals surface area (Å²) < 4.78 is 14.8. The van der Waals surface area contributed by atoms with E-state index in [1.807, 2.05) is 60.7 Å². The van der Waals surface area contributed by atoms with Crippen LogP contribution >= 0.6 is 7.14 Å². The molecule has 0 fully saturated rings. The number of hydrogen-bond acceptors (Lipinski definition) is 2. The second-order valence-electron chi connectivity index (χ2n) is 8.87. The fourth-order valence-electron chi connectivity index (χ4n) is 4.55. The number of hydrogen-bond donors (Lipinski definition) is 1. The molecule has 2 rings (SSSR count). The highest BCUT2D eigenvalue weighted by molar-refractivity contribution is 7.79. The molecule has 2 aromatic carbocycles. The van der Waals surface area contributed by atoms with Gasteiger partial charge in [0.25, 0.3) is 0 Å². The van der Waals surface area contributed by atoms with Crippen molar-refractivity contribution in [3.05, 3.63) is 60.7 Å². The van der Waals surface area contributed by atoms with Crippen LogP contribution in [0.25, 0.3) is 0 Å². The fourth-order valence-corrected chi connectivity index (χ4v) is 8.03. The van der Waals surface area contributed by atoms with E-state index in [1.165, 1.54) is 38.5 Å². The number of aliphatic hydroxyl groups is 1. The first-order valence-electron chi connectivity index (χ1n) is 12.5. The zero-order valence-electron chi connectivity index (χ0n) is 19.7. The molecule has 2 atom stereocenters. The molecule has 0 amide bonds. The van der Waals surface area contributed by atoms with Crippen LogP contribution in [0.4, 0.5) is 0 Å². The Labute approximate surface area is 190 Å². The lowest BCUT2D eigenvalue weighted by molar-refractivity contribution is 0.150. The van der Waals surface area contributed by atoms with Gasteiger partial charge in [-0.15, -0.1) is 0 Å². The van der Waals surface area contributed by atoms with Gasteiger partial charge >= 0.3 is 0 Å². The van der Waals surface area contributed by atoms with Crippen LogP contribution in [-0.2, 0) is 4.57 Å². The van der Waals surface area contributed by atoms with Gasteiger partial charge in [0, 0.05) is 16.3 Å². The molecule has 0 spiro atoms. The van der Waals surface area contributed by atoms with Crippen molar-refractivity contribution < 1.29 is 9.67 Å². The Morgan fingerprint density at radius 3 is 1.58 bits per heavy atom. The first-order chi connectivity index (χ1) is 15.1. The minimum atomic E-state index is -2.96. The predicted octanol–water partition coefficient (Wildman–Crippen LogP) is 7.45. The summed E-state index contributed by atoms with van der Waals surface area (Å²) in [5.41, 5.74) is -0.218. The molecule has 2 nitrogen and oxygen atoms in total. The number of benzene rings is 2. The molecule has 3 heteroatoms. The second kappa shape index (κ2) is 14.6. The van der Waals surface area contributed by atoms with E-state index < -0.39 is 13.2 Å². The Balaban J connectivity index is 2.25. The van der Waals surface area contributed by atoms with E-state index >= 15 is 0 Å². The normalized spacial score (nSPS) is 13.8. The van der Waals surface area contributed by atoms with Crippen molar-refractivity contribution in [3.63, 3.8) is 0 Å². The first-order valence-corrected chi connectivity index (χ1v) is 14.3. The quantitative estimate of drug-likeness (QED) is 0.216. The molecular formula is C28H43O2P.